The average molecular weight is 510 g/mol. The van der Waals surface area contributed by atoms with Crippen LogP contribution < -0.4 is 10.1 Å². The first-order chi connectivity index (χ1) is 17.5. The maximum absolute atomic E-state index is 13.7. The predicted molar refractivity (Wildman–Crippen MR) is 136 cm³/mol. The van der Waals surface area contributed by atoms with Gasteiger partial charge in [0.15, 0.2) is 23.0 Å². The number of piperazine rings is 1. The zero-order valence-corrected chi connectivity index (χ0v) is 22.5. The Bertz CT molecular complexity index is 1280. The zero-order valence-electron chi connectivity index (χ0n) is 22.5. The molecule has 1 amide bonds. The van der Waals surface area contributed by atoms with E-state index in [1.165, 1.54) is 14.0 Å². The molecule has 3 aliphatic heterocycles. The molecule has 1 saturated heterocycles. The lowest BCUT2D eigenvalue weighted by atomic mass is 9.69. The smallest absolute Gasteiger partial charge is 0.226 e. The van der Waals surface area contributed by atoms with Crippen LogP contribution in [0.3, 0.4) is 0 Å². The molecule has 0 aromatic heterocycles. The highest BCUT2D eigenvalue weighted by Crippen LogP contribution is 2.53. The molecule has 0 radical (unpaired) electrons. The van der Waals surface area contributed by atoms with Gasteiger partial charge in [0.2, 0.25) is 11.7 Å². The number of ketones is 2. The van der Waals surface area contributed by atoms with Crippen LogP contribution in [0.25, 0.3) is 0 Å². The molecule has 1 aromatic carbocycles. The van der Waals surface area contributed by atoms with Crippen molar-refractivity contribution in [2.24, 2.45) is 0 Å². The molecule has 5 atom stereocenters. The fourth-order valence-electron chi connectivity index (χ4n) is 7.26. The molecule has 1 fully saturated rings. The minimum absolute atomic E-state index is 0.0117. The van der Waals surface area contributed by atoms with Gasteiger partial charge >= 0.3 is 0 Å². The van der Waals surface area contributed by atoms with Gasteiger partial charge in [-0.3, -0.25) is 24.2 Å². The van der Waals surface area contributed by atoms with E-state index in [1.807, 2.05) is 6.92 Å². The van der Waals surface area contributed by atoms with Crippen molar-refractivity contribution < 1.29 is 29.0 Å². The number of rotatable bonds is 4. The number of carbonyl (C=O) groups is 3. The molecule has 4 aliphatic rings. The van der Waals surface area contributed by atoms with Crippen LogP contribution in [0.4, 0.5) is 0 Å². The Kier molecular flexibility index (Phi) is 6.19. The van der Waals surface area contributed by atoms with E-state index in [9.17, 15) is 19.5 Å². The number of amides is 1. The van der Waals surface area contributed by atoms with Gasteiger partial charge in [-0.2, -0.15) is 0 Å². The Morgan fingerprint density at radius 1 is 1.14 bits per heavy atom. The van der Waals surface area contributed by atoms with E-state index in [1.54, 1.807) is 14.0 Å². The highest BCUT2D eigenvalue weighted by Gasteiger charge is 2.56. The second kappa shape index (κ2) is 8.99. The van der Waals surface area contributed by atoms with Crippen LogP contribution >= 0.6 is 0 Å². The maximum Gasteiger partial charge on any atom is 0.226 e. The van der Waals surface area contributed by atoms with Crippen LogP contribution in [-0.2, 0) is 25.5 Å². The van der Waals surface area contributed by atoms with E-state index in [4.69, 9.17) is 9.47 Å². The fourth-order valence-corrected chi connectivity index (χ4v) is 7.26. The van der Waals surface area contributed by atoms with Gasteiger partial charge in [0.1, 0.15) is 0 Å². The number of nitrogens with zero attached hydrogens (tertiary/aromatic N) is 2. The molecule has 9 heteroatoms. The van der Waals surface area contributed by atoms with Crippen LogP contribution in [-0.4, -0.2) is 84.4 Å². The molecule has 2 bridgehead atoms. The van der Waals surface area contributed by atoms with Gasteiger partial charge in [0, 0.05) is 53.9 Å². The Labute approximate surface area is 217 Å². The molecule has 1 aliphatic carbocycles. The van der Waals surface area contributed by atoms with Gasteiger partial charge in [0.05, 0.1) is 26.3 Å². The zero-order chi connectivity index (χ0) is 26.9. The lowest BCUT2D eigenvalue weighted by Crippen LogP contribution is -2.70. The second-order valence-electron chi connectivity index (χ2n) is 10.7. The number of fused-ring (bicyclic) bond motifs is 6. The highest BCUT2D eigenvalue weighted by molar-refractivity contribution is 6.25. The van der Waals surface area contributed by atoms with Gasteiger partial charge in [-0.05, 0) is 51.8 Å². The number of phenols is 1. The van der Waals surface area contributed by atoms with Crippen molar-refractivity contribution in [2.45, 2.75) is 70.7 Å². The number of allylic oxidation sites excluding steroid dienone is 2. The number of phenolic OH excluding ortho intramolecular Hbond substituents is 1. The number of Topliss-reactive ketones (excluding diaryl/α,β-unsaturated/α-hetero) is 2. The van der Waals surface area contributed by atoms with Crippen molar-refractivity contribution >= 4 is 17.5 Å². The molecule has 1 aromatic rings. The molecule has 37 heavy (non-hydrogen) atoms. The third kappa shape index (κ3) is 3.54. The normalized spacial score (nSPS) is 29.5. The first-order valence-electron chi connectivity index (χ1n) is 12.7. The molecule has 0 saturated carbocycles. The SMILES string of the molecule is COC1=C(C)C(=O)C2=C(C1=O)C(CNC(C)=O)N1C(C2)[C@H]2c3c(cc(C)c(OC)c3O)CC([C@@H]1C)N2C. The number of hydrogen-bond donors (Lipinski definition) is 2. The lowest BCUT2D eigenvalue weighted by Gasteiger charge is -2.61. The number of methoxy groups -OCH3 is 2. The summed E-state index contributed by atoms with van der Waals surface area (Å²) in [6.45, 7) is 7.34. The quantitative estimate of drug-likeness (QED) is 0.593. The maximum atomic E-state index is 13.7. The first kappa shape index (κ1) is 25.5. The Balaban J connectivity index is 1.71. The number of aryl methyl sites for hydroxylation is 1. The number of hydrogen-bond acceptors (Lipinski definition) is 8. The predicted octanol–water partition coefficient (Wildman–Crippen LogP) is 1.96. The number of benzene rings is 1. The third-order valence-corrected chi connectivity index (χ3v) is 8.82. The summed E-state index contributed by atoms with van der Waals surface area (Å²) in [5.74, 6) is -0.0424. The highest BCUT2D eigenvalue weighted by atomic mass is 16.5. The van der Waals surface area contributed by atoms with E-state index in [2.05, 4.69) is 35.2 Å². The van der Waals surface area contributed by atoms with Crippen LogP contribution in [0.2, 0.25) is 0 Å². The largest absolute Gasteiger partial charge is 0.504 e. The number of nitrogens with one attached hydrogen (secondary N) is 1. The summed E-state index contributed by atoms with van der Waals surface area (Å²) >= 11 is 0. The summed E-state index contributed by atoms with van der Waals surface area (Å²) in [4.78, 5) is 43.8. The molecule has 9 nitrogen and oxygen atoms in total. The number of aromatic hydroxyl groups is 1. The van der Waals surface area contributed by atoms with Crippen molar-refractivity contribution in [2.75, 3.05) is 27.8 Å². The van der Waals surface area contributed by atoms with Crippen LogP contribution in [0.5, 0.6) is 11.5 Å². The van der Waals surface area contributed by atoms with Gasteiger partial charge in [0.25, 0.3) is 0 Å². The minimum Gasteiger partial charge on any atom is -0.504 e. The molecular weight excluding hydrogens is 474 g/mol. The minimum atomic E-state index is -0.503. The van der Waals surface area contributed by atoms with Gasteiger partial charge in [-0.1, -0.05) is 6.07 Å². The van der Waals surface area contributed by atoms with Gasteiger partial charge in [-0.15, -0.1) is 0 Å². The number of carbonyl (C=O) groups excluding carboxylic acids is 3. The standard InChI is InChI=1S/C28H35N3O6/c1-12-8-16-9-18-14(3)31-19(23(30(18)5)21(16)25(34)27(12)36-6)10-17-22(20(31)11-29-15(4)32)26(35)28(37-7)13(2)24(17)33/h8,14,18-20,23,34H,9-11H2,1-7H3,(H,29,32)/t14-,18?,19?,20?,23-/m0/s1. The van der Waals surface area contributed by atoms with Crippen molar-refractivity contribution in [3.63, 3.8) is 0 Å². The molecule has 0 spiro atoms. The van der Waals surface area contributed by atoms with Crippen molar-refractivity contribution in [1.82, 2.24) is 15.1 Å². The molecular formula is C28H35N3O6. The van der Waals surface area contributed by atoms with Crippen LogP contribution in [0, 0.1) is 6.92 Å². The molecule has 3 unspecified atom stereocenters. The summed E-state index contributed by atoms with van der Waals surface area (Å²) < 4.78 is 10.9. The summed E-state index contributed by atoms with van der Waals surface area (Å²) in [5.41, 5.74) is 3.96. The summed E-state index contributed by atoms with van der Waals surface area (Å²) in [5, 5.41) is 14.3. The monoisotopic (exact) mass is 509 g/mol. The third-order valence-electron chi connectivity index (χ3n) is 8.82. The lowest BCUT2D eigenvalue weighted by molar-refractivity contribution is -0.124. The van der Waals surface area contributed by atoms with E-state index >= 15 is 0 Å². The van der Waals surface area contributed by atoms with E-state index in [0.717, 1.165) is 23.1 Å². The second-order valence-corrected chi connectivity index (χ2v) is 10.7. The van der Waals surface area contributed by atoms with E-state index < -0.39 is 6.04 Å². The Morgan fingerprint density at radius 3 is 2.46 bits per heavy atom. The van der Waals surface area contributed by atoms with E-state index in [0.29, 0.717) is 28.9 Å². The van der Waals surface area contributed by atoms with Gasteiger partial charge < -0.3 is 19.9 Å². The fraction of sp³-hybridized carbons (Fsp3) is 0.536. The number of likely N-dealkylation sites (N-methyl/N-ethyl adjacent to an activating group) is 1. The van der Waals surface area contributed by atoms with Crippen molar-refractivity contribution in [1.29, 1.82) is 0 Å². The van der Waals surface area contributed by atoms with Crippen LogP contribution in [0.15, 0.2) is 28.5 Å². The average Bonchev–Trinajstić information content (AvgIpc) is 2.84. The molecule has 5 rings (SSSR count). The molecule has 3 heterocycles. The van der Waals surface area contributed by atoms with Crippen molar-refractivity contribution in [3.05, 3.63) is 45.2 Å². The summed E-state index contributed by atoms with van der Waals surface area (Å²) in [7, 11) is 5.02. The first-order valence-corrected chi connectivity index (χ1v) is 12.7. The number of ether oxygens (including phenoxy) is 2. The summed E-state index contributed by atoms with van der Waals surface area (Å²) in [6.07, 6.45) is 1.07. The topological polar surface area (TPSA) is 108 Å². The Morgan fingerprint density at radius 2 is 1.84 bits per heavy atom. The molecule has 2 N–H and O–H groups in total. The Hall–Kier alpha value is -3.17. The summed E-state index contributed by atoms with van der Waals surface area (Å²) in [6, 6.07) is 1.27. The van der Waals surface area contributed by atoms with E-state index in [-0.39, 0.29) is 59.7 Å². The van der Waals surface area contributed by atoms with Crippen molar-refractivity contribution in [3.8, 4) is 11.5 Å². The molecule has 198 valence electrons. The van der Waals surface area contributed by atoms with Crippen LogP contribution in [0.1, 0.15) is 49.9 Å². The van der Waals surface area contributed by atoms with Gasteiger partial charge in [-0.25, -0.2) is 0 Å².